The number of Topliss-reactive ketones (excluding diaryl/α,β-unsaturated/α-hetero) is 1. The lowest BCUT2D eigenvalue weighted by Gasteiger charge is -2.34. The van der Waals surface area contributed by atoms with Gasteiger partial charge in [0.05, 0.1) is 0 Å². The minimum absolute atomic E-state index is 0.0183. The largest absolute Gasteiger partial charge is 0.385 e. The number of ether oxygens (including phenoxy) is 1. The third-order valence-corrected chi connectivity index (χ3v) is 3.77. The smallest absolute Gasteiger partial charge is 0.242 e. The first-order chi connectivity index (χ1) is 10.1. The number of nitrogens with zero attached hydrogens (tertiary/aromatic N) is 1. The van der Waals surface area contributed by atoms with E-state index in [2.05, 4.69) is 5.32 Å². The Morgan fingerprint density at radius 1 is 1.43 bits per heavy atom. The fraction of sp³-hybridized carbons (Fsp3) is 0.500. The second kappa shape index (κ2) is 7.22. The number of methoxy groups -OCH3 is 1. The van der Waals surface area contributed by atoms with Crippen LogP contribution in [-0.2, 0) is 9.53 Å². The van der Waals surface area contributed by atoms with Gasteiger partial charge in [-0.05, 0) is 25.5 Å². The van der Waals surface area contributed by atoms with Crippen molar-refractivity contribution in [2.45, 2.75) is 25.8 Å². The average Bonchev–Trinajstić information content (AvgIpc) is 2.51. The van der Waals surface area contributed by atoms with Crippen molar-refractivity contribution < 1.29 is 14.3 Å². The number of ketones is 1. The van der Waals surface area contributed by atoms with Gasteiger partial charge in [0, 0.05) is 44.5 Å². The molecule has 0 fully saturated rings. The number of benzene rings is 1. The Morgan fingerprint density at radius 3 is 2.95 bits per heavy atom. The first-order valence-corrected chi connectivity index (χ1v) is 7.30. The number of hydrogen-bond acceptors (Lipinski definition) is 4. The third-order valence-electron chi connectivity index (χ3n) is 3.77. The maximum Gasteiger partial charge on any atom is 0.242 e. The lowest BCUT2D eigenvalue weighted by atomic mass is 9.99. The highest BCUT2D eigenvalue weighted by Gasteiger charge is 2.28. The molecule has 0 saturated heterocycles. The van der Waals surface area contributed by atoms with Crippen LogP contribution in [0.1, 0.15) is 30.1 Å². The van der Waals surface area contributed by atoms with E-state index in [0.717, 1.165) is 12.1 Å². The molecule has 1 N–H and O–H groups in total. The number of amides is 1. The molecule has 2 rings (SSSR count). The summed E-state index contributed by atoms with van der Waals surface area (Å²) in [6.45, 7) is 3.70. The van der Waals surface area contributed by atoms with E-state index in [0.29, 0.717) is 31.7 Å². The van der Waals surface area contributed by atoms with Crippen LogP contribution in [0.15, 0.2) is 24.3 Å². The summed E-state index contributed by atoms with van der Waals surface area (Å²) < 4.78 is 4.96. The molecule has 1 atom stereocenters. The molecule has 0 aliphatic carbocycles. The molecular formula is C16H22N2O3. The van der Waals surface area contributed by atoms with E-state index in [1.165, 1.54) is 0 Å². The molecule has 0 saturated carbocycles. The number of carbonyl (C=O) groups is 2. The SMILES string of the molecule is COCCCNC(=O)C(C)N1CCC(=O)c2ccccc21. The summed E-state index contributed by atoms with van der Waals surface area (Å²) >= 11 is 0. The molecule has 0 spiro atoms. The molecule has 5 heteroatoms. The Balaban J connectivity index is 2.03. The van der Waals surface area contributed by atoms with Gasteiger partial charge in [0.1, 0.15) is 6.04 Å². The zero-order chi connectivity index (χ0) is 15.2. The second-order valence-electron chi connectivity index (χ2n) is 5.20. The van der Waals surface area contributed by atoms with Gasteiger partial charge in [-0.2, -0.15) is 0 Å². The number of nitrogens with one attached hydrogen (secondary N) is 1. The predicted molar refractivity (Wildman–Crippen MR) is 81.7 cm³/mol. The van der Waals surface area contributed by atoms with Crippen molar-refractivity contribution in [1.82, 2.24) is 5.32 Å². The fourth-order valence-electron chi connectivity index (χ4n) is 2.56. The highest BCUT2D eigenvalue weighted by atomic mass is 16.5. The molecule has 114 valence electrons. The lowest BCUT2D eigenvalue weighted by Crippen LogP contribution is -2.48. The normalized spacial score (nSPS) is 15.5. The van der Waals surface area contributed by atoms with E-state index >= 15 is 0 Å². The first-order valence-electron chi connectivity index (χ1n) is 7.30. The van der Waals surface area contributed by atoms with Crippen LogP contribution in [0, 0.1) is 0 Å². The summed E-state index contributed by atoms with van der Waals surface area (Å²) in [4.78, 5) is 26.1. The molecule has 1 aromatic carbocycles. The van der Waals surface area contributed by atoms with Crippen LogP contribution >= 0.6 is 0 Å². The van der Waals surface area contributed by atoms with E-state index < -0.39 is 0 Å². The maximum atomic E-state index is 12.2. The monoisotopic (exact) mass is 290 g/mol. The number of fused-ring (bicyclic) bond motifs is 1. The van der Waals surface area contributed by atoms with Gasteiger partial charge in [-0.25, -0.2) is 0 Å². The van der Waals surface area contributed by atoms with Gasteiger partial charge in [-0.15, -0.1) is 0 Å². The summed E-state index contributed by atoms with van der Waals surface area (Å²) in [5.74, 6) is 0.129. The highest BCUT2D eigenvalue weighted by molar-refractivity contribution is 6.04. The Labute approximate surface area is 125 Å². The zero-order valence-corrected chi connectivity index (χ0v) is 12.6. The molecule has 5 nitrogen and oxygen atoms in total. The minimum atomic E-state index is -0.290. The summed E-state index contributed by atoms with van der Waals surface area (Å²) in [6.07, 6.45) is 1.25. The van der Waals surface area contributed by atoms with Gasteiger partial charge in [-0.1, -0.05) is 12.1 Å². The summed E-state index contributed by atoms with van der Waals surface area (Å²) in [7, 11) is 1.64. The Kier molecular flexibility index (Phi) is 5.33. The van der Waals surface area contributed by atoms with Gasteiger partial charge >= 0.3 is 0 Å². The topological polar surface area (TPSA) is 58.6 Å². The minimum Gasteiger partial charge on any atom is -0.385 e. The van der Waals surface area contributed by atoms with E-state index in [4.69, 9.17) is 4.74 Å². The molecular weight excluding hydrogens is 268 g/mol. The molecule has 0 aromatic heterocycles. The average molecular weight is 290 g/mol. The highest BCUT2D eigenvalue weighted by Crippen LogP contribution is 2.28. The standard InChI is InChI=1S/C16H22N2O3/c1-12(16(20)17-9-5-11-21-2)18-10-8-15(19)13-6-3-4-7-14(13)18/h3-4,6-7,12H,5,8-11H2,1-2H3,(H,17,20). The third kappa shape index (κ3) is 3.61. The van der Waals surface area contributed by atoms with Crippen molar-refractivity contribution >= 4 is 17.4 Å². The molecule has 21 heavy (non-hydrogen) atoms. The van der Waals surface area contributed by atoms with Crippen molar-refractivity contribution in [1.29, 1.82) is 0 Å². The number of anilines is 1. The molecule has 1 heterocycles. The summed E-state index contributed by atoms with van der Waals surface area (Å²) in [5.41, 5.74) is 1.57. The van der Waals surface area contributed by atoms with Gasteiger partial charge in [0.2, 0.25) is 5.91 Å². The molecule has 1 aliphatic heterocycles. The Bertz CT molecular complexity index is 516. The van der Waals surface area contributed by atoms with Crippen LogP contribution in [0.25, 0.3) is 0 Å². The summed E-state index contributed by atoms with van der Waals surface area (Å²) in [5, 5.41) is 2.91. The Morgan fingerprint density at radius 2 is 2.19 bits per heavy atom. The van der Waals surface area contributed by atoms with Gasteiger partial charge in [0.15, 0.2) is 5.78 Å². The number of rotatable bonds is 6. The molecule has 1 aromatic rings. The van der Waals surface area contributed by atoms with Gasteiger partial charge in [-0.3, -0.25) is 9.59 Å². The van der Waals surface area contributed by atoms with Crippen LogP contribution in [0.4, 0.5) is 5.69 Å². The van der Waals surface area contributed by atoms with Crippen molar-refractivity contribution in [2.75, 3.05) is 31.7 Å². The summed E-state index contributed by atoms with van der Waals surface area (Å²) in [6, 6.07) is 7.19. The lowest BCUT2D eigenvalue weighted by molar-refractivity contribution is -0.122. The predicted octanol–water partition coefficient (Wildman–Crippen LogP) is 1.62. The molecule has 0 bridgehead atoms. The van der Waals surface area contributed by atoms with Crippen molar-refractivity contribution in [3.8, 4) is 0 Å². The van der Waals surface area contributed by atoms with E-state index in [9.17, 15) is 9.59 Å². The second-order valence-corrected chi connectivity index (χ2v) is 5.20. The molecule has 1 unspecified atom stereocenters. The molecule has 1 amide bonds. The number of para-hydroxylation sites is 1. The maximum absolute atomic E-state index is 12.2. The first kappa shape index (κ1) is 15.5. The van der Waals surface area contributed by atoms with Gasteiger partial charge in [0.25, 0.3) is 0 Å². The number of carbonyl (C=O) groups excluding carboxylic acids is 2. The van der Waals surface area contributed by atoms with Crippen LogP contribution in [0.2, 0.25) is 0 Å². The quantitative estimate of drug-likeness (QED) is 0.809. The van der Waals surface area contributed by atoms with Crippen LogP contribution in [0.3, 0.4) is 0 Å². The fourth-order valence-corrected chi connectivity index (χ4v) is 2.56. The van der Waals surface area contributed by atoms with E-state index in [1.54, 1.807) is 7.11 Å². The van der Waals surface area contributed by atoms with Crippen LogP contribution in [-0.4, -0.2) is 44.5 Å². The van der Waals surface area contributed by atoms with Gasteiger partial charge < -0.3 is 15.0 Å². The van der Waals surface area contributed by atoms with Crippen LogP contribution in [0.5, 0.6) is 0 Å². The molecule has 1 aliphatic rings. The van der Waals surface area contributed by atoms with Crippen molar-refractivity contribution in [3.05, 3.63) is 29.8 Å². The van der Waals surface area contributed by atoms with Crippen LogP contribution < -0.4 is 10.2 Å². The number of hydrogen-bond donors (Lipinski definition) is 1. The Hall–Kier alpha value is -1.88. The van der Waals surface area contributed by atoms with Crippen molar-refractivity contribution in [2.24, 2.45) is 0 Å². The zero-order valence-electron chi connectivity index (χ0n) is 12.6. The molecule has 0 radical (unpaired) electrons. The van der Waals surface area contributed by atoms with E-state index in [-0.39, 0.29) is 17.7 Å². The van der Waals surface area contributed by atoms with E-state index in [1.807, 2.05) is 36.1 Å². The van der Waals surface area contributed by atoms with Crippen molar-refractivity contribution in [3.63, 3.8) is 0 Å².